The Morgan fingerprint density at radius 2 is 1.71 bits per heavy atom. The molecule has 0 amide bonds. The molecule has 0 bridgehead atoms. The molecule has 0 fully saturated rings. The van der Waals surface area contributed by atoms with Crippen LogP contribution in [0.25, 0.3) is 0 Å². The van der Waals surface area contributed by atoms with Crippen LogP contribution in [0, 0.1) is 0 Å². The summed E-state index contributed by atoms with van der Waals surface area (Å²) in [6.45, 7) is 0.0344. The molecule has 1 heterocycles. The molecule has 1 aromatic heterocycles. The van der Waals surface area contributed by atoms with Crippen LogP contribution in [0.3, 0.4) is 0 Å². The Balaban J connectivity index is 2.09. The Kier molecular flexibility index (Phi) is 3.79. The summed E-state index contributed by atoms with van der Waals surface area (Å²) in [5.41, 5.74) is -0.418. The smallest absolute Gasteiger partial charge is 0.433 e. The van der Waals surface area contributed by atoms with Gasteiger partial charge in [0.05, 0.1) is 11.9 Å². The first-order valence-corrected chi connectivity index (χ1v) is 5.79. The lowest BCUT2D eigenvalue weighted by Crippen LogP contribution is -2.08. The molecule has 4 N–H and O–H groups in total. The van der Waals surface area contributed by atoms with Crippen LogP contribution in [0.2, 0.25) is 0 Å². The number of hydrogen-bond acceptors (Lipinski definition) is 5. The second kappa shape index (κ2) is 5.39. The monoisotopic (exact) mass is 300 g/mol. The average Bonchev–Trinajstić information content (AvgIpc) is 2.43. The zero-order valence-electron chi connectivity index (χ0n) is 10.5. The number of phenols is 3. The van der Waals surface area contributed by atoms with E-state index >= 15 is 0 Å². The van der Waals surface area contributed by atoms with E-state index in [1.54, 1.807) is 0 Å². The number of aromatic hydroxyl groups is 3. The highest BCUT2D eigenvalue weighted by Crippen LogP contribution is 2.37. The molecular weight excluding hydrogens is 289 g/mol. The van der Waals surface area contributed by atoms with Gasteiger partial charge in [-0.2, -0.15) is 13.2 Å². The van der Waals surface area contributed by atoms with Crippen molar-refractivity contribution in [3.8, 4) is 17.2 Å². The Morgan fingerprint density at radius 3 is 2.29 bits per heavy atom. The van der Waals surface area contributed by atoms with Crippen molar-refractivity contribution in [1.29, 1.82) is 0 Å². The highest BCUT2D eigenvalue weighted by atomic mass is 19.4. The van der Waals surface area contributed by atoms with Gasteiger partial charge in [0.15, 0.2) is 11.5 Å². The van der Waals surface area contributed by atoms with Crippen molar-refractivity contribution in [2.24, 2.45) is 0 Å². The third-order valence-electron chi connectivity index (χ3n) is 2.75. The lowest BCUT2D eigenvalue weighted by atomic mass is 10.1. The van der Waals surface area contributed by atoms with Crippen LogP contribution in [0.1, 0.15) is 11.3 Å². The van der Waals surface area contributed by atoms with E-state index in [4.69, 9.17) is 5.11 Å². The second-order valence-corrected chi connectivity index (χ2v) is 4.22. The van der Waals surface area contributed by atoms with E-state index in [1.807, 2.05) is 0 Å². The molecule has 0 saturated carbocycles. The van der Waals surface area contributed by atoms with Crippen molar-refractivity contribution in [3.63, 3.8) is 0 Å². The van der Waals surface area contributed by atoms with Gasteiger partial charge in [0.1, 0.15) is 5.69 Å². The molecule has 112 valence electrons. The van der Waals surface area contributed by atoms with Gasteiger partial charge in [-0.1, -0.05) is 0 Å². The van der Waals surface area contributed by atoms with Crippen LogP contribution >= 0.6 is 0 Å². The van der Waals surface area contributed by atoms with E-state index in [9.17, 15) is 23.4 Å². The molecule has 5 nitrogen and oxygen atoms in total. The maximum absolute atomic E-state index is 12.3. The fourth-order valence-electron chi connectivity index (χ4n) is 1.62. The Labute approximate surface area is 117 Å². The standard InChI is InChI=1S/C13H11F3N2O3/c14-13(15,16)10-4-2-8(6-18-10)17-5-7-1-3-9(19)12(21)11(7)20/h1-4,6,17,19-21H,5H2. The molecular formula is C13H11F3N2O3. The summed E-state index contributed by atoms with van der Waals surface area (Å²) < 4.78 is 37.0. The number of halogens is 3. The number of phenolic OH excluding ortho intramolecular Hbond substituents is 3. The number of benzene rings is 1. The first-order chi connectivity index (χ1) is 9.79. The molecule has 0 saturated heterocycles. The van der Waals surface area contributed by atoms with Crippen LogP contribution in [0.15, 0.2) is 30.5 Å². The molecule has 0 aliphatic rings. The zero-order chi connectivity index (χ0) is 15.6. The summed E-state index contributed by atoms with van der Waals surface area (Å²) >= 11 is 0. The van der Waals surface area contributed by atoms with Crippen molar-refractivity contribution in [3.05, 3.63) is 41.7 Å². The van der Waals surface area contributed by atoms with Crippen molar-refractivity contribution < 1.29 is 28.5 Å². The number of pyridine rings is 1. The van der Waals surface area contributed by atoms with Crippen molar-refractivity contribution in [2.75, 3.05) is 5.32 Å². The van der Waals surface area contributed by atoms with Crippen molar-refractivity contribution in [1.82, 2.24) is 4.98 Å². The summed E-state index contributed by atoms with van der Waals surface area (Å²) in [4.78, 5) is 3.28. The van der Waals surface area contributed by atoms with E-state index in [0.717, 1.165) is 12.3 Å². The molecule has 21 heavy (non-hydrogen) atoms. The van der Waals surface area contributed by atoms with E-state index in [-0.39, 0.29) is 12.1 Å². The van der Waals surface area contributed by atoms with Gasteiger partial charge in [0.2, 0.25) is 5.75 Å². The van der Waals surface area contributed by atoms with Crippen LogP contribution in [-0.2, 0) is 12.7 Å². The third kappa shape index (κ3) is 3.28. The fraction of sp³-hybridized carbons (Fsp3) is 0.154. The molecule has 1 aromatic carbocycles. The van der Waals surface area contributed by atoms with E-state index in [1.165, 1.54) is 18.2 Å². The van der Waals surface area contributed by atoms with Crippen molar-refractivity contribution >= 4 is 5.69 Å². The van der Waals surface area contributed by atoms with Gasteiger partial charge in [-0.3, -0.25) is 0 Å². The average molecular weight is 300 g/mol. The fourth-order valence-corrected chi connectivity index (χ4v) is 1.62. The van der Waals surface area contributed by atoms with Gasteiger partial charge < -0.3 is 20.6 Å². The molecule has 0 aliphatic carbocycles. The molecule has 0 atom stereocenters. The molecule has 8 heteroatoms. The first-order valence-electron chi connectivity index (χ1n) is 5.79. The van der Waals surface area contributed by atoms with Gasteiger partial charge in [0, 0.05) is 12.1 Å². The summed E-state index contributed by atoms with van der Waals surface area (Å²) in [6.07, 6.45) is -3.49. The predicted octanol–water partition coefficient (Wildman–Crippen LogP) is 2.83. The van der Waals surface area contributed by atoms with Crippen LogP contribution in [-0.4, -0.2) is 20.3 Å². The highest BCUT2D eigenvalue weighted by molar-refractivity contribution is 5.54. The Bertz CT molecular complexity index is 642. The largest absolute Gasteiger partial charge is 0.504 e. The highest BCUT2D eigenvalue weighted by Gasteiger charge is 2.31. The van der Waals surface area contributed by atoms with Crippen LogP contribution in [0.5, 0.6) is 17.2 Å². The van der Waals surface area contributed by atoms with Gasteiger partial charge in [-0.25, -0.2) is 4.98 Å². The summed E-state index contributed by atoms with van der Waals surface area (Å²) in [5, 5.41) is 30.9. The number of aromatic nitrogens is 1. The van der Waals surface area contributed by atoms with Crippen molar-refractivity contribution in [2.45, 2.75) is 12.7 Å². The number of nitrogens with one attached hydrogen (secondary N) is 1. The number of anilines is 1. The van der Waals surface area contributed by atoms with Gasteiger partial charge >= 0.3 is 6.18 Å². The van der Waals surface area contributed by atoms with Crippen LogP contribution in [0.4, 0.5) is 18.9 Å². The molecule has 0 aliphatic heterocycles. The molecule has 0 spiro atoms. The Hall–Kier alpha value is -2.64. The van der Waals surface area contributed by atoms with Crippen LogP contribution < -0.4 is 5.32 Å². The topological polar surface area (TPSA) is 85.6 Å². The molecule has 0 radical (unpaired) electrons. The minimum Gasteiger partial charge on any atom is -0.504 e. The maximum atomic E-state index is 12.3. The maximum Gasteiger partial charge on any atom is 0.433 e. The predicted molar refractivity (Wildman–Crippen MR) is 68.0 cm³/mol. The number of alkyl halides is 3. The van der Waals surface area contributed by atoms with Gasteiger partial charge in [-0.05, 0) is 24.3 Å². The number of rotatable bonds is 3. The quantitative estimate of drug-likeness (QED) is 0.655. The second-order valence-electron chi connectivity index (χ2n) is 4.22. The van der Waals surface area contributed by atoms with E-state index in [2.05, 4.69) is 10.3 Å². The minimum atomic E-state index is -4.50. The summed E-state index contributed by atoms with van der Waals surface area (Å²) in [7, 11) is 0. The minimum absolute atomic E-state index is 0.0344. The normalized spacial score (nSPS) is 11.4. The van der Waals surface area contributed by atoms with Gasteiger partial charge in [-0.15, -0.1) is 0 Å². The third-order valence-corrected chi connectivity index (χ3v) is 2.75. The molecule has 2 rings (SSSR count). The number of nitrogens with zero attached hydrogens (tertiary/aromatic N) is 1. The zero-order valence-corrected chi connectivity index (χ0v) is 10.5. The first kappa shape index (κ1) is 14.8. The van der Waals surface area contributed by atoms with E-state index < -0.39 is 29.1 Å². The Morgan fingerprint density at radius 1 is 1.00 bits per heavy atom. The molecule has 0 unspecified atom stereocenters. The van der Waals surface area contributed by atoms with E-state index in [0.29, 0.717) is 5.69 Å². The SMILES string of the molecule is Oc1ccc(CNc2ccc(C(F)(F)F)nc2)c(O)c1O. The number of hydrogen-bond donors (Lipinski definition) is 4. The molecule has 2 aromatic rings. The summed E-state index contributed by atoms with van der Waals surface area (Å²) in [6, 6.07) is 4.59. The summed E-state index contributed by atoms with van der Waals surface area (Å²) in [5.74, 6) is -1.62. The lowest BCUT2D eigenvalue weighted by Gasteiger charge is -2.11. The van der Waals surface area contributed by atoms with Gasteiger partial charge in [0.25, 0.3) is 0 Å². The lowest BCUT2D eigenvalue weighted by molar-refractivity contribution is -0.141.